The van der Waals surface area contributed by atoms with Crippen LogP contribution in [0.4, 0.5) is 0 Å². The molecule has 6 aromatic carbocycles. The van der Waals surface area contributed by atoms with Crippen LogP contribution in [0.2, 0.25) is 0 Å². The van der Waals surface area contributed by atoms with E-state index in [1.807, 2.05) is 18.2 Å². The van der Waals surface area contributed by atoms with Crippen molar-refractivity contribution in [1.82, 2.24) is 0 Å². The molecule has 1 aliphatic rings. The van der Waals surface area contributed by atoms with Gasteiger partial charge in [0.1, 0.15) is 36.2 Å². The van der Waals surface area contributed by atoms with Crippen LogP contribution in [0.3, 0.4) is 0 Å². The molecule has 6 heteroatoms. The van der Waals surface area contributed by atoms with Gasteiger partial charge in [0.25, 0.3) is 0 Å². The fraction of sp³-hybridized carbons (Fsp3) is 0.250. The molecule has 0 aromatic heterocycles. The minimum atomic E-state index is 0. The molecule has 0 N–H and O–H groups in total. The summed E-state index contributed by atoms with van der Waals surface area (Å²) in [5.74, 6) is 3.68. The van der Waals surface area contributed by atoms with Crippen LogP contribution in [0.15, 0.2) is 127 Å². The summed E-state index contributed by atoms with van der Waals surface area (Å²) in [6.45, 7) is 6.54. The molecule has 0 saturated heterocycles. The number of fused-ring (bicyclic) bond motifs is 8. The molecule has 0 saturated carbocycles. The zero-order valence-corrected chi connectivity index (χ0v) is 37.7. The van der Waals surface area contributed by atoms with Crippen molar-refractivity contribution in [2.45, 2.75) is 65.6 Å². The quantitative estimate of drug-likeness (QED) is 0.117. The zero-order chi connectivity index (χ0) is 35.5. The molecule has 0 aliphatic heterocycles. The SMILES string of the molecule is CCCOc1c2[c]ccc1Cc1cccc(c1OCc1ccccc1)Cc1cccc(c1OCCC)Cc1cccc(c1OCc1ccccc1)C2.[Cl-].[Hg+]. The van der Waals surface area contributed by atoms with Crippen molar-refractivity contribution in [2.75, 3.05) is 13.2 Å². The van der Waals surface area contributed by atoms with Crippen LogP contribution in [0.25, 0.3) is 0 Å². The van der Waals surface area contributed by atoms with Crippen LogP contribution < -0.4 is 31.4 Å². The Morgan fingerprint density at radius 2 is 0.796 bits per heavy atom. The molecule has 0 heterocycles. The van der Waals surface area contributed by atoms with Crippen molar-refractivity contribution in [1.29, 1.82) is 0 Å². The number of hydrogen-bond acceptors (Lipinski definition) is 4. The fourth-order valence-electron chi connectivity index (χ4n) is 7.01. The maximum Gasteiger partial charge on any atom is 1.00 e. The standard InChI is InChI=1S/C48H47O4.ClH.Hg/c1-3-27-49-45-37-19-11-20-38(45)30-42-24-14-26-44(48(42)52-34-36-17-9-6-10-18-36)32-40-22-12-21-39(46(40)50-28-4-2)31-43-25-13-23-41(29-37)47(43)51-33-35-15-7-5-8-16-35;;/h5-21,23-26H,3-4,27-34H2,1-2H3;1H;/q;;+1/p-1. The predicted molar refractivity (Wildman–Crippen MR) is 209 cm³/mol. The van der Waals surface area contributed by atoms with Gasteiger partial charge in [0.2, 0.25) is 0 Å². The van der Waals surface area contributed by atoms with Gasteiger partial charge in [0.15, 0.2) is 0 Å². The van der Waals surface area contributed by atoms with Gasteiger partial charge in [0.05, 0.1) is 13.2 Å². The first-order valence-corrected chi connectivity index (χ1v) is 18.6. The van der Waals surface area contributed by atoms with Gasteiger partial charge in [0, 0.05) is 31.2 Å². The Bertz CT molecular complexity index is 1850. The van der Waals surface area contributed by atoms with E-state index in [9.17, 15) is 0 Å². The minimum absolute atomic E-state index is 0. The van der Waals surface area contributed by atoms with E-state index in [-0.39, 0.29) is 40.1 Å². The Kier molecular flexibility index (Phi) is 15.5. The van der Waals surface area contributed by atoms with Crippen LogP contribution in [0.5, 0.6) is 23.0 Å². The molecule has 6 aromatic rings. The minimum Gasteiger partial charge on any atom is -1.00 e. The summed E-state index contributed by atoms with van der Waals surface area (Å²) >= 11 is 0. The third-order valence-corrected chi connectivity index (χ3v) is 9.51. The van der Waals surface area contributed by atoms with E-state index in [1.54, 1.807) is 0 Å². The van der Waals surface area contributed by atoms with Gasteiger partial charge >= 0.3 is 27.7 Å². The first-order valence-electron chi connectivity index (χ1n) is 18.6. The van der Waals surface area contributed by atoms with E-state index >= 15 is 0 Å². The largest absolute Gasteiger partial charge is 1.00 e. The molecule has 0 amide bonds. The topological polar surface area (TPSA) is 36.9 Å². The number of ether oxygens (including phenoxy) is 4. The third-order valence-electron chi connectivity index (χ3n) is 9.51. The number of para-hydroxylation sites is 3. The molecule has 4 nitrogen and oxygen atoms in total. The van der Waals surface area contributed by atoms with Crippen LogP contribution in [0, 0.1) is 6.07 Å². The van der Waals surface area contributed by atoms with Crippen LogP contribution >= 0.6 is 0 Å². The summed E-state index contributed by atoms with van der Waals surface area (Å²) in [5.41, 5.74) is 11.2. The van der Waals surface area contributed by atoms with Crippen molar-refractivity contribution >= 4 is 0 Å². The van der Waals surface area contributed by atoms with E-state index in [0.29, 0.717) is 52.1 Å². The molecule has 0 unspecified atom stereocenters. The summed E-state index contributed by atoms with van der Waals surface area (Å²) in [4.78, 5) is 0. The monoisotopic (exact) mass is 924 g/mol. The van der Waals surface area contributed by atoms with Crippen molar-refractivity contribution in [3.63, 3.8) is 0 Å². The molecule has 8 bridgehead atoms. The second-order valence-electron chi connectivity index (χ2n) is 13.5. The molecular formula is C48H47ClHgO4. The molecule has 0 fully saturated rings. The van der Waals surface area contributed by atoms with E-state index in [0.717, 1.165) is 91.5 Å². The zero-order valence-electron chi connectivity index (χ0n) is 31.4. The molecule has 1 aliphatic carbocycles. The number of hydrogen-bond donors (Lipinski definition) is 0. The summed E-state index contributed by atoms with van der Waals surface area (Å²) in [5, 5.41) is 0. The molecular weight excluding hydrogens is 877 g/mol. The van der Waals surface area contributed by atoms with Gasteiger partial charge in [-0.15, -0.1) is 0 Å². The molecule has 0 spiro atoms. The third kappa shape index (κ3) is 10.1. The second-order valence-corrected chi connectivity index (χ2v) is 13.5. The Morgan fingerprint density at radius 3 is 1.22 bits per heavy atom. The Morgan fingerprint density at radius 1 is 0.426 bits per heavy atom. The van der Waals surface area contributed by atoms with Gasteiger partial charge in [-0.2, -0.15) is 0 Å². The predicted octanol–water partition coefficient (Wildman–Crippen LogP) is 7.90. The van der Waals surface area contributed by atoms with E-state index in [2.05, 4.69) is 129 Å². The van der Waals surface area contributed by atoms with E-state index < -0.39 is 0 Å². The van der Waals surface area contributed by atoms with Gasteiger partial charge in [-0.25, -0.2) is 0 Å². The average molecular weight is 924 g/mol. The Labute approximate surface area is 347 Å². The normalized spacial score (nSPS) is 11.7. The van der Waals surface area contributed by atoms with Gasteiger partial charge in [-0.3, -0.25) is 0 Å². The van der Waals surface area contributed by atoms with Crippen molar-refractivity contribution in [3.8, 4) is 23.0 Å². The number of halogens is 1. The van der Waals surface area contributed by atoms with Crippen LogP contribution in [-0.4, -0.2) is 13.2 Å². The van der Waals surface area contributed by atoms with Crippen molar-refractivity contribution in [3.05, 3.63) is 189 Å². The van der Waals surface area contributed by atoms with Gasteiger partial charge in [-0.05, 0) is 69.0 Å². The summed E-state index contributed by atoms with van der Waals surface area (Å²) in [7, 11) is 0. The molecule has 54 heavy (non-hydrogen) atoms. The second kappa shape index (κ2) is 20.4. The summed E-state index contributed by atoms with van der Waals surface area (Å²) in [6, 6.07) is 48.2. The maximum absolute atomic E-state index is 6.79. The Hall–Kier alpha value is -4.25. The van der Waals surface area contributed by atoms with Crippen molar-refractivity contribution < 1.29 is 59.0 Å². The fourth-order valence-corrected chi connectivity index (χ4v) is 7.01. The number of benzene rings is 6. The molecule has 272 valence electrons. The van der Waals surface area contributed by atoms with Crippen LogP contribution in [-0.2, 0) is 66.6 Å². The average Bonchev–Trinajstić information content (AvgIpc) is 3.17. The Balaban J connectivity index is 0.00000280. The first-order chi connectivity index (χ1) is 25.7. The van der Waals surface area contributed by atoms with E-state index in [4.69, 9.17) is 18.9 Å². The maximum atomic E-state index is 6.79. The molecule has 7 rings (SSSR count). The van der Waals surface area contributed by atoms with Gasteiger partial charge in [-0.1, -0.05) is 141 Å². The first kappa shape index (κ1) is 40.9. The van der Waals surface area contributed by atoms with Crippen LogP contribution in [0.1, 0.15) is 82.3 Å². The van der Waals surface area contributed by atoms with Gasteiger partial charge < -0.3 is 31.4 Å². The molecule has 0 atom stereocenters. The summed E-state index contributed by atoms with van der Waals surface area (Å²) in [6.07, 6.45) is 4.47. The smallest absolute Gasteiger partial charge is 1.00 e. The summed E-state index contributed by atoms with van der Waals surface area (Å²) < 4.78 is 26.8. The van der Waals surface area contributed by atoms with Crippen molar-refractivity contribution in [2.24, 2.45) is 0 Å². The number of rotatable bonds is 12. The molecule has 2 radical (unpaired) electrons. The van der Waals surface area contributed by atoms with E-state index in [1.165, 1.54) is 0 Å².